The van der Waals surface area contributed by atoms with Gasteiger partial charge in [-0.25, -0.2) is 0 Å². The maximum atomic E-state index is 11.2. The van der Waals surface area contributed by atoms with E-state index in [0.29, 0.717) is 34.5 Å². The van der Waals surface area contributed by atoms with Gasteiger partial charge in [0.05, 0.1) is 5.92 Å². The van der Waals surface area contributed by atoms with Crippen molar-refractivity contribution in [3.63, 3.8) is 0 Å². The van der Waals surface area contributed by atoms with Crippen LogP contribution < -0.4 is 4.74 Å². The Kier molecular flexibility index (Phi) is 4.53. The topological polar surface area (TPSA) is 49.8 Å². The fraction of sp³-hybridized carbons (Fsp3) is 0.409. The number of likely N-dealkylation sites (tertiary alicyclic amines) is 1. The number of aliphatic carboxylic acids is 1. The Morgan fingerprint density at radius 1 is 1.14 bits per heavy atom. The highest BCUT2D eigenvalue weighted by Gasteiger charge is 2.60. The van der Waals surface area contributed by atoms with Crippen LogP contribution in [0.15, 0.2) is 36.4 Å². The van der Waals surface area contributed by atoms with Gasteiger partial charge in [0.1, 0.15) is 12.4 Å². The molecule has 5 rings (SSSR count). The van der Waals surface area contributed by atoms with Crippen LogP contribution in [-0.4, -0.2) is 29.1 Å². The Morgan fingerprint density at radius 3 is 2.54 bits per heavy atom. The Bertz CT molecular complexity index is 915. The fourth-order valence-electron chi connectivity index (χ4n) is 5.05. The molecule has 4 atom stereocenters. The van der Waals surface area contributed by atoms with Crippen molar-refractivity contribution in [1.82, 2.24) is 4.90 Å². The Balaban J connectivity index is 1.26. The van der Waals surface area contributed by atoms with E-state index in [-0.39, 0.29) is 5.92 Å². The third kappa shape index (κ3) is 3.08. The van der Waals surface area contributed by atoms with Gasteiger partial charge in [-0.15, -0.1) is 0 Å². The first-order chi connectivity index (χ1) is 13.5. The second-order valence-electron chi connectivity index (χ2n) is 8.05. The molecule has 28 heavy (non-hydrogen) atoms. The highest BCUT2D eigenvalue weighted by molar-refractivity contribution is 6.35. The molecule has 6 heteroatoms. The molecule has 1 saturated carbocycles. The average Bonchev–Trinajstić information content (AvgIpc) is 3.01. The molecule has 0 aromatic heterocycles. The quantitative estimate of drug-likeness (QED) is 0.757. The number of benzene rings is 2. The van der Waals surface area contributed by atoms with Gasteiger partial charge in [0.2, 0.25) is 0 Å². The molecule has 4 nitrogen and oxygen atoms in total. The standard InChI is InChI=1S/C22H21Cl2NO3/c23-18-2-1-3-19(24)17(18)11-28-13-5-6-14-12(8-13)4-7-20(14)25-9-15-16(10-25)21(15)22(26)27/h1-3,5-6,8,15-16,20-21H,4,7,9-11H2,(H,26,27)/t15-,16?,20?,21?/m0/s1. The summed E-state index contributed by atoms with van der Waals surface area (Å²) in [5.41, 5.74) is 3.48. The minimum absolute atomic E-state index is 0.107. The van der Waals surface area contributed by atoms with Crippen LogP contribution in [0, 0.1) is 17.8 Å². The number of fused-ring (bicyclic) bond motifs is 2. The maximum Gasteiger partial charge on any atom is 0.307 e. The number of carbonyl (C=O) groups is 1. The number of carboxylic acid groups (broad SMARTS) is 1. The molecule has 1 N–H and O–H groups in total. The van der Waals surface area contributed by atoms with Crippen molar-refractivity contribution < 1.29 is 14.6 Å². The van der Waals surface area contributed by atoms with Crippen molar-refractivity contribution in [1.29, 1.82) is 0 Å². The van der Waals surface area contributed by atoms with Crippen molar-refractivity contribution in [3.8, 4) is 5.75 Å². The lowest BCUT2D eigenvalue weighted by Crippen LogP contribution is -2.29. The molecule has 146 valence electrons. The number of hydrogen-bond acceptors (Lipinski definition) is 3. The average molecular weight is 418 g/mol. The third-order valence-electron chi connectivity index (χ3n) is 6.55. The van der Waals surface area contributed by atoms with Crippen molar-refractivity contribution in [2.75, 3.05) is 13.1 Å². The van der Waals surface area contributed by atoms with Gasteiger partial charge in [-0.2, -0.15) is 0 Å². The molecule has 3 aliphatic rings. The van der Waals surface area contributed by atoms with E-state index < -0.39 is 5.97 Å². The van der Waals surface area contributed by atoms with E-state index in [1.165, 1.54) is 11.1 Å². The number of rotatable bonds is 5. The number of nitrogens with zero attached hydrogens (tertiary/aromatic N) is 1. The van der Waals surface area contributed by atoms with Gasteiger partial charge in [-0.3, -0.25) is 9.69 Å². The first-order valence-corrected chi connectivity index (χ1v) is 10.4. The minimum atomic E-state index is -0.623. The molecular weight excluding hydrogens is 397 g/mol. The first kappa shape index (κ1) is 18.3. The summed E-state index contributed by atoms with van der Waals surface area (Å²) in [5.74, 6) is 0.797. The molecule has 1 saturated heterocycles. The smallest absolute Gasteiger partial charge is 0.307 e. The van der Waals surface area contributed by atoms with E-state index in [1.807, 2.05) is 24.3 Å². The van der Waals surface area contributed by atoms with Gasteiger partial charge in [0.25, 0.3) is 0 Å². The highest BCUT2D eigenvalue weighted by Crippen LogP contribution is 2.54. The summed E-state index contributed by atoms with van der Waals surface area (Å²) in [6.45, 7) is 2.16. The zero-order valence-electron chi connectivity index (χ0n) is 15.3. The van der Waals surface area contributed by atoms with E-state index >= 15 is 0 Å². The molecule has 0 spiro atoms. The maximum absolute atomic E-state index is 11.2. The highest BCUT2D eigenvalue weighted by atomic mass is 35.5. The van der Waals surface area contributed by atoms with Gasteiger partial charge in [-0.1, -0.05) is 35.3 Å². The fourth-order valence-corrected chi connectivity index (χ4v) is 5.55. The summed E-state index contributed by atoms with van der Waals surface area (Å²) in [6, 6.07) is 12.2. The number of aryl methyl sites for hydroxylation is 1. The Labute approximate surface area is 174 Å². The summed E-state index contributed by atoms with van der Waals surface area (Å²) in [5, 5.41) is 10.4. The third-order valence-corrected chi connectivity index (χ3v) is 7.26. The van der Waals surface area contributed by atoms with Gasteiger partial charge in [0.15, 0.2) is 0 Å². The van der Waals surface area contributed by atoms with Crippen LogP contribution in [0.5, 0.6) is 5.75 Å². The van der Waals surface area contributed by atoms with E-state index in [1.54, 1.807) is 0 Å². The molecule has 2 aromatic carbocycles. The van der Waals surface area contributed by atoms with Crippen LogP contribution in [0.1, 0.15) is 29.2 Å². The molecule has 0 radical (unpaired) electrons. The molecule has 2 fully saturated rings. The largest absolute Gasteiger partial charge is 0.489 e. The lowest BCUT2D eigenvalue weighted by atomic mass is 10.1. The summed E-state index contributed by atoms with van der Waals surface area (Å²) in [6.07, 6.45) is 2.12. The SMILES string of the molecule is O=C(O)C1C2CN(C3CCc4cc(OCc5c(Cl)cccc5Cl)ccc43)C[C@@H]21. The number of ether oxygens (including phenoxy) is 1. The van der Waals surface area contributed by atoms with E-state index in [0.717, 1.165) is 37.2 Å². The lowest BCUT2D eigenvalue weighted by molar-refractivity contribution is -0.139. The van der Waals surface area contributed by atoms with Gasteiger partial charge in [-0.05, 0) is 60.1 Å². The molecule has 0 bridgehead atoms. The summed E-state index contributed by atoms with van der Waals surface area (Å²) in [7, 11) is 0. The van der Waals surface area contributed by atoms with Crippen LogP contribution in [-0.2, 0) is 17.8 Å². The van der Waals surface area contributed by atoms with Crippen LogP contribution in [0.4, 0.5) is 0 Å². The van der Waals surface area contributed by atoms with Crippen molar-refractivity contribution in [2.45, 2.75) is 25.5 Å². The Hall–Kier alpha value is -1.75. The predicted octanol–water partition coefficient (Wildman–Crippen LogP) is 4.82. The summed E-state index contributed by atoms with van der Waals surface area (Å²) in [4.78, 5) is 13.7. The number of piperidine rings is 1. The molecule has 0 amide bonds. The normalized spacial score (nSPS) is 28.1. The van der Waals surface area contributed by atoms with Crippen LogP contribution in [0.25, 0.3) is 0 Å². The molecule has 3 unspecified atom stereocenters. The van der Waals surface area contributed by atoms with Crippen LogP contribution in [0.2, 0.25) is 10.0 Å². The number of hydrogen-bond donors (Lipinski definition) is 1. The van der Waals surface area contributed by atoms with E-state index in [4.69, 9.17) is 27.9 Å². The minimum Gasteiger partial charge on any atom is -0.489 e. The monoisotopic (exact) mass is 417 g/mol. The van der Waals surface area contributed by atoms with Crippen molar-refractivity contribution >= 4 is 29.2 Å². The first-order valence-electron chi connectivity index (χ1n) is 9.68. The molecule has 2 aromatic rings. The number of carboxylic acids is 1. The predicted molar refractivity (Wildman–Crippen MR) is 108 cm³/mol. The van der Waals surface area contributed by atoms with Crippen molar-refractivity contribution in [2.24, 2.45) is 17.8 Å². The van der Waals surface area contributed by atoms with Gasteiger partial charge < -0.3 is 9.84 Å². The van der Waals surface area contributed by atoms with E-state index in [9.17, 15) is 9.90 Å². The van der Waals surface area contributed by atoms with Crippen LogP contribution >= 0.6 is 23.2 Å². The summed E-state index contributed by atoms with van der Waals surface area (Å²) >= 11 is 12.4. The van der Waals surface area contributed by atoms with E-state index in [2.05, 4.69) is 17.0 Å². The molecule has 1 heterocycles. The second-order valence-corrected chi connectivity index (χ2v) is 8.86. The molecular formula is C22H21Cl2NO3. The lowest BCUT2D eigenvalue weighted by Gasteiger charge is -2.27. The zero-order chi connectivity index (χ0) is 19.4. The molecule has 1 aliphatic heterocycles. The number of halogens is 2. The molecule has 2 aliphatic carbocycles. The van der Waals surface area contributed by atoms with Gasteiger partial charge >= 0.3 is 5.97 Å². The second kappa shape index (κ2) is 6.94. The zero-order valence-corrected chi connectivity index (χ0v) is 16.8. The van der Waals surface area contributed by atoms with Crippen molar-refractivity contribution in [3.05, 3.63) is 63.1 Å². The van der Waals surface area contributed by atoms with Gasteiger partial charge in [0, 0.05) is 34.7 Å². The van der Waals surface area contributed by atoms with Crippen LogP contribution in [0.3, 0.4) is 0 Å². The summed E-state index contributed by atoms with van der Waals surface area (Å²) < 4.78 is 5.96. The Morgan fingerprint density at radius 2 is 1.86 bits per heavy atom.